The Balaban J connectivity index is 1.76. The smallest absolute Gasteiger partial charge is 0.338 e. The van der Waals surface area contributed by atoms with Crippen LogP contribution in [0.5, 0.6) is 5.75 Å². The second kappa shape index (κ2) is 10.4. The maximum atomic E-state index is 13.1. The molecule has 9 nitrogen and oxygen atoms in total. The summed E-state index contributed by atoms with van der Waals surface area (Å²) in [5.41, 5.74) is 1.05. The number of nitrogens with zero attached hydrogens (tertiary/aromatic N) is 2. The molecular formula is C24H25N3O6. The van der Waals surface area contributed by atoms with Gasteiger partial charge in [0, 0.05) is 12.2 Å². The van der Waals surface area contributed by atoms with Gasteiger partial charge in [0.2, 0.25) is 5.91 Å². The maximum Gasteiger partial charge on any atom is 0.338 e. The molecule has 33 heavy (non-hydrogen) atoms. The van der Waals surface area contributed by atoms with Gasteiger partial charge in [-0.3, -0.25) is 9.59 Å². The first kappa shape index (κ1) is 23.5. The van der Waals surface area contributed by atoms with E-state index in [4.69, 9.17) is 9.47 Å². The average molecular weight is 451 g/mol. The lowest BCUT2D eigenvalue weighted by Crippen LogP contribution is -2.38. The zero-order valence-electron chi connectivity index (χ0n) is 18.4. The highest BCUT2D eigenvalue weighted by molar-refractivity contribution is 6.22. The molecule has 1 heterocycles. The first-order chi connectivity index (χ1) is 15.9. The van der Waals surface area contributed by atoms with Gasteiger partial charge < -0.3 is 19.7 Å². The average Bonchev–Trinajstić information content (AvgIpc) is 3.03. The van der Waals surface area contributed by atoms with Crippen molar-refractivity contribution in [2.45, 2.75) is 19.4 Å². The summed E-state index contributed by atoms with van der Waals surface area (Å²) in [7, 11) is 1.52. The van der Waals surface area contributed by atoms with Gasteiger partial charge in [-0.25, -0.2) is 14.5 Å². The van der Waals surface area contributed by atoms with Gasteiger partial charge in [0.1, 0.15) is 11.8 Å². The number of urea groups is 1. The third-order valence-corrected chi connectivity index (χ3v) is 5.01. The highest BCUT2D eigenvalue weighted by Gasteiger charge is 2.46. The molecule has 0 aromatic heterocycles. The first-order valence-electron chi connectivity index (χ1n) is 10.4. The molecule has 1 unspecified atom stereocenters. The predicted molar refractivity (Wildman–Crippen MR) is 122 cm³/mol. The normalized spacial score (nSPS) is 15.4. The Bertz CT molecular complexity index is 1070. The summed E-state index contributed by atoms with van der Waals surface area (Å²) in [6, 6.07) is 11.3. The first-order valence-corrected chi connectivity index (χ1v) is 10.4. The largest absolute Gasteiger partial charge is 0.497 e. The van der Waals surface area contributed by atoms with Gasteiger partial charge in [-0.2, -0.15) is 0 Å². The highest BCUT2D eigenvalue weighted by atomic mass is 16.5. The Kier molecular flexibility index (Phi) is 7.45. The number of carbonyl (C=O) groups is 4. The lowest BCUT2D eigenvalue weighted by atomic mass is 10.1. The Labute approximate surface area is 191 Å². The quantitative estimate of drug-likeness (QED) is 0.357. The molecule has 1 N–H and O–H groups in total. The van der Waals surface area contributed by atoms with E-state index in [1.54, 1.807) is 49.4 Å². The second-order valence-corrected chi connectivity index (χ2v) is 7.16. The fourth-order valence-corrected chi connectivity index (χ4v) is 3.48. The van der Waals surface area contributed by atoms with Gasteiger partial charge in [0.25, 0.3) is 5.91 Å². The van der Waals surface area contributed by atoms with Gasteiger partial charge in [-0.1, -0.05) is 12.1 Å². The van der Waals surface area contributed by atoms with Crippen molar-refractivity contribution >= 4 is 35.2 Å². The molecule has 0 aliphatic carbocycles. The van der Waals surface area contributed by atoms with Crippen LogP contribution >= 0.6 is 0 Å². The standard InChI is InChI=1S/C24H25N3O6/c1-4-13-26-20(22(29)27(24(26)31)18-9-11-19(32-3)12-10-18)15-21(28)25-17-8-6-7-16(14-17)23(30)33-5-2/h4,6-12,14,20H,1,5,13,15H2,2-3H3,(H,25,28). The lowest BCUT2D eigenvalue weighted by molar-refractivity contribution is -0.124. The second-order valence-electron chi connectivity index (χ2n) is 7.16. The molecular weight excluding hydrogens is 426 g/mol. The number of ether oxygens (including phenoxy) is 2. The van der Waals surface area contributed by atoms with E-state index >= 15 is 0 Å². The summed E-state index contributed by atoms with van der Waals surface area (Å²) < 4.78 is 10.1. The molecule has 0 saturated carbocycles. The van der Waals surface area contributed by atoms with E-state index in [2.05, 4.69) is 11.9 Å². The van der Waals surface area contributed by atoms with E-state index in [9.17, 15) is 19.2 Å². The van der Waals surface area contributed by atoms with Crippen molar-refractivity contribution in [2.24, 2.45) is 0 Å². The molecule has 1 atom stereocenters. The number of rotatable bonds is 9. The maximum absolute atomic E-state index is 13.1. The number of carbonyl (C=O) groups excluding carboxylic acids is 4. The summed E-state index contributed by atoms with van der Waals surface area (Å²) in [5.74, 6) is -0.908. The fraction of sp³-hybridized carbons (Fsp3) is 0.250. The number of benzene rings is 2. The van der Waals surface area contributed by atoms with Crippen LogP contribution in [0.3, 0.4) is 0 Å². The summed E-state index contributed by atoms with van der Waals surface area (Å²) in [4.78, 5) is 53.1. The van der Waals surface area contributed by atoms with E-state index in [1.165, 1.54) is 24.2 Å². The molecule has 1 aliphatic rings. The number of methoxy groups -OCH3 is 1. The van der Waals surface area contributed by atoms with Crippen LogP contribution < -0.4 is 15.0 Å². The molecule has 0 bridgehead atoms. The molecule has 9 heteroatoms. The number of imide groups is 1. The van der Waals surface area contributed by atoms with E-state index in [-0.39, 0.29) is 19.6 Å². The third kappa shape index (κ3) is 5.20. The van der Waals surface area contributed by atoms with Crippen molar-refractivity contribution in [1.82, 2.24) is 4.90 Å². The van der Waals surface area contributed by atoms with Crippen molar-refractivity contribution in [1.29, 1.82) is 0 Å². The van der Waals surface area contributed by atoms with Crippen molar-refractivity contribution in [3.05, 3.63) is 66.7 Å². The number of amides is 4. The highest BCUT2D eigenvalue weighted by Crippen LogP contribution is 2.28. The Morgan fingerprint density at radius 2 is 1.88 bits per heavy atom. The van der Waals surface area contributed by atoms with Crippen LogP contribution in [0.25, 0.3) is 0 Å². The molecule has 1 saturated heterocycles. The lowest BCUT2D eigenvalue weighted by Gasteiger charge is -2.19. The Hall–Kier alpha value is -4.14. The summed E-state index contributed by atoms with van der Waals surface area (Å²) in [6.07, 6.45) is 1.24. The third-order valence-electron chi connectivity index (χ3n) is 5.01. The number of esters is 1. The number of nitrogens with one attached hydrogen (secondary N) is 1. The number of anilines is 2. The van der Waals surface area contributed by atoms with Crippen molar-refractivity contribution in [3.8, 4) is 5.75 Å². The minimum absolute atomic E-state index is 0.105. The number of hydrogen-bond donors (Lipinski definition) is 1. The van der Waals surface area contributed by atoms with Crippen LogP contribution in [-0.4, -0.2) is 55.0 Å². The van der Waals surface area contributed by atoms with Gasteiger partial charge in [0.15, 0.2) is 0 Å². The molecule has 1 fully saturated rings. The van der Waals surface area contributed by atoms with Crippen molar-refractivity contribution in [2.75, 3.05) is 30.5 Å². The van der Waals surface area contributed by atoms with E-state index in [0.717, 1.165) is 4.90 Å². The zero-order valence-corrected chi connectivity index (χ0v) is 18.4. The summed E-state index contributed by atoms with van der Waals surface area (Å²) in [5, 5.41) is 2.68. The topological polar surface area (TPSA) is 105 Å². The van der Waals surface area contributed by atoms with E-state index in [0.29, 0.717) is 22.7 Å². The Morgan fingerprint density at radius 1 is 1.15 bits per heavy atom. The van der Waals surface area contributed by atoms with Crippen LogP contribution in [0.15, 0.2) is 61.2 Å². The van der Waals surface area contributed by atoms with Crippen LogP contribution in [0.2, 0.25) is 0 Å². The molecule has 172 valence electrons. The molecule has 0 spiro atoms. The van der Waals surface area contributed by atoms with Crippen LogP contribution in [-0.2, 0) is 14.3 Å². The molecule has 2 aromatic rings. The predicted octanol–water partition coefficient (Wildman–Crippen LogP) is 3.22. The summed E-state index contributed by atoms with van der Waals surface area (Å²) in [6.45, 7) is 5.68. The van der Waals surface area contributed by atoms with E-state index < -0.39 is 29.9 Å². The summed E-state index contributed by atoms with van der Waals surface area (Å²) >= 11 is 0. The molecule has 4 amide bonds. The molecule has 0 radical (unpaired) electrons. The van der Waals surface area contributed by atoms with Crippen LogP contribution in [0.1, 0.15) is 23.7 Å². The van der Waals surface area contributed by atoms with E-state index in [1.807, 2.05) is 0 Å². The minimum atomic E-state index is -0.995. The van der Waals surface area contributed by atoms with Crippen molar-refractivity contribution < 1.29 is 28.7 Å². The molecule has 3 rings (SSSR count). The van der Waals surface area contributed by atoms with Crippen LogP contribution in [0, 0.1) is 0 Å². The molecule has 1 aliphatic heterocycles. The van der Waals surface area contributed by atoms with Gasteiger partial charge >= 0.3 is 12.0 Å². The van der Waals surface area contributed by atoms with Gasteiger partial charge in [0.05, 0.1) is 31.4 Å². The Morgan fingerprint density at radius 3 is 2.52 bits per heavy atom. The van der Waals surface area contributed by atoms with Gasteiger partial charge in [-0.15, -0.1) is 6.58 Å². The fourth-order valence-electron chi connectivity index (χ4n) is 3.48. The minimum Gasteiger partial charge on any atom is -0.497 e. The van der Waals surface area contributed by atoms with Crippen LogP contribution in [0.4, 0.5) is 16.2 Å². The SMILES string of the molecule is C=CCN1C(=O)N(c2ccc(OC)cc2)C(=O)C1CC(=O)Nc1cccc(C(=O)OCC)c1. The molecule has 2 aromatic carbocycles. The van der Waals surface area contributed by atoms with Gasteiger partial charge in [-0.05, 0) is 49.4 Å². The van der Waals surface area contributed by atoms with Crippen molar-refractivity contribution in [3.63, 3.8) is 0 Å². The monoisotopic (exact) mass is 451 g/mol. The zero-order chi connectivity index (χ0) is 24.0. The number of hydrogen-bond acceptors (Lipinski definition) is 6.